The van der Waals surface area contributed by atoms with Crippen molar-refractivity contribution in [2.45, 2.75) is 19.8 Å². The third-order valence-corrected chi connectivity index (χ3v) is 2.40. The first-order chi connectivity index (χ1) is 8.56. The average Bonchev–Trinajstić information content (AvgIpc) is 2.80. The van der Waals surface area contributed by atoms with Crippen LogP contribution in [-0.2, 0) is 0 Å². The zero-order chi connectivity index (χ0) is 13.1. The van der Waals surface area contributed by atoms with Gasteiger partial charge in [0, 0.05) is 17.3 Å². The SMILES string of the molecule is CC(C)c1cc(C(=O)Nc2ccon2)cc(N)n1. The minimum atomic E-state index is -0.292. The molecular weight excluding hydrogens is 232 g/mol. The van der Waals surface area contributed by atoms with Crippen LogP contribution in [0.4, 0.5) is 11.6 Å². The normalized spacial score (nSPS) is 10.6. The number of nitrogen functional groups attached to an aromatic ring is 1. The van der Waals surface area contributed by atoms with Crippen molar-refractivity contribution in [3.8, 4) is 0 Å². The standard InChI is InChI=1S/C12H14N4O2/c1-7(2)9-5-8(6-10(13)14-9)12(17)15-11-3-4-18-16-11/h3-7H,1-2H3,(H2,13,14)(H,15,16,17). The van der Waals surface area contributed by atoms with E-state index in [9.17, 15) is 4.79 Å². The minimum Gasteiger partial charge on any atom is -0.384 e. The minimum absolute atomic E-state index is 0.201. The Morgan fingerprint density at radius 1 is 1.44 bits per heavy atom. The second-order valence-corrected chi connectivity index (χ2v) is 4.20. The molecule has 94 valence electrons. The highest BCUT2D eigenvalue weighted by molar-refractivity contribution is 6.04. The van der Waals surface area contributed by atoms with Gasteiger partial charge in [-0.2, -0.15) is 0 Å². The lowest BCUT2D eigenvalue weighted by Crippen LogP contribution is -2.14. The molecule has 2 aromatic heterocycles. The van der Waals surface area contributed by atoms with E-state index < -0.39 is 0 Å². The number of carbonyl (C=O) groups is 1. The number of nitrogens with one attached hydrogen (secondary N) is 1. The summed E-state index contributed by atoms with van der Waals surface area (Å²) in [5, 5.41) is 6.21. The maximum atomic E-state index is 12.0. The summed E-state index contributed by atoms with van der Waals surface area (Å²) in [6.07, 6.45) is 1.38. The van der Waals surface area contributed by atoms with Gasteiger partial charge in [-0.15, -0.1) is 0 Å². The van der Waals surface area contributed by atoms with E-state index in [2.05, 4.69) is 20.0 Å². The number of aromatic nitrogens is 2. The summed E-state index contributed by atoms with van der Waals surface area (Å²) in [6.45, 7) is 3.97. The van der Waals surface area contributed by atoms with Crippen molar-refractivity contribution in [2.24, 2.45) is 0 Å². The molecule has 3 N–H and O–H groups in total. The number of hydrogen-bond donors (Lipinski definition) is 2. The van der Waals surface area contributed by atoms with E-state index in [1.165, 1.54) is 12.3 Å². The zero-order valence-corrected chi connectivity index (χ0v) is 10.2. The number of pyridine rings is 1. The van der Waals surface area contributed by atoms with Crippen molar-refractivity contribution >= 4 is 17.5 Å². The lowest BCUT2D eigenvalue weighted by molar-refractivity contribution is 0.102. The van der Waals surface area contributed by atoms with Gasteiger partial charge >= 0.3 is 0 Å². The van der Waals surface area contributed by atoms with E-state index in [4.69, 9.17) is 5.73 Å². The summed E-state index contributed by atoms with van der Waals surface area (Å²) in [7, 11) is 0. The molecule has 6 heteroatoms. The van der Waals surface area contributed by atoms with Crippen LogP contribution in [0, 0.1) is 0 Å². The molecule has 18 heavy (non-hydrogen) atoms. The number of nitrogens with zero attached hydrogens (tertiary/aromatic N) is 2. The quantitative estimate of drug-likeness (QED) is 0.864. The Morgan fingerprint density at radius 2 is 2.22 bits per heavy atom. The molecule has 0 radical (unpaired) electrons. The molecule has 2 aromatic rings. The Balaban J connectivity index is 2.24. The maximum absolute atomic E-state index is 12.0. The molecule has 0 spiro atoms. The lowest BCUT2D eigenvalue weighted by Gasteiger charge is -2.08. The van der Waals surface area contributed by atoms with E-state index >= 15 is 0 Å². The van der Waals surface area contributed by atoms with Crippen molar-refractivity contribution in [3.05, 3.63) is 35.7 Å². The van der Waals surface area contributed by atoms with E-state index in [-0.39, 0.29) is 11.8 Å². The molecule has 0 aromatic carbocycles. The molecule has 2 rings (SSSR count). The Morgan fingerprint density at radius 3 is 2.83 bits per heavy atom. The van der Waals surface area contributed by atoms with Crippen LogP contribution in [0.3, 0.4) is 0 Å². The summed E-state index contributed by atoms with van der Waals surface area (Å²) in [6, 6.07) is 4.81. The van der Waals surface area contributed by atoms with Gasteiger partial charge in [0.05, 0.1) is 0 Å². The van der Waals surface area contributed by atoms with Gasteiger partial charge in [-0.25, -0.2) is 4.98 Å². The third-order valence-electron chi connectivity index (χ3n) is 2.40. The van der Waals surface area contributed by atoms with Gasteiger partial charge in [-0.1, -0.05) is 19.0 Å². The van der Waals surface area contributed by atoms with Gasteiger partial charge in [-0.3, -0.25) is 4.79 Å². The molecule has 0 aliphatic heterocycles. The Hall–Kier alpha value is -2.37. The van der Waals surface area contributed by atoms with Crippen molar-refractivity contribution in [2.75, 3.05) is 11.1 Å². The van der Waals surface area contributed by atoms with Gasteiger partial charge in [0.2, 0.25) is 0 Å². The third kappa shape index (κ3) is 2.65. The van der Waals surface area contributed by atoms with Crippen LogP contribution in [0.15, 0.2) is 29.0 Å². The molecule has 0 aliphatic rings. The second kappa shape index (κ2) is 4.87. The van der Waals surface area contributed by atoms with E-state index in [0.29, 0.717) is 17.2 Å². The molecule has 0 saturated carbocycles. The number of nitrogens with two attached hydrogens (primary N) is 1. The summed E-state index contributed by atoms with van der Waals surface area (Å²) >= 11 is 0. The molecule has 0 aliphatic carbocycles. The van der Waals surface area contributed by atoms with Gasteiger partial charge in [-0.05, 0) is 18.1 Å². The Kier molecular flexibility index (Phi) is 3.27. The zero-order valence-electron chi connectivity index (χ0n) is 10.2. The predicted molar refractivity (Wildman–Crippen MR) is 67.2 cm³/mol. The molecular formula is C12H14N4O2. The van der Waals surface area contributed by atoms with Gasteiger partial charge in [0.25, 0.3) is 5.91 Å². The number of carbonyl (C=O) groups excluding carboxylic acids is 1. The van der Waals surface area contributed by atoms with E-state index in [0.717, 1.165) is 5.69 Å². The largest absolute Gasteiger partial charge is 0.384 e. The van der Waals surface area contributed by atoms with E-state index in [1.54, 1.807) is 12.1 Å². The number of anilines is 2. The second-order valence-electron chi connectivity index (χ2n) is 4.20. The number of hydrogen-bond acceptors (Lipinski definition) is 5. The fourth-order valence-electron chi connectivity index (χ4n) is 1.47. The highest BCUT2D eigenvalue weighted by Crippen LogP contribution is 2.17. The fourth-order valence-corrected chi connectivity index (χ4v) is 1.47. The van der Waals surface area contributed by atoms with Crippen molar-refractivity contribution in [1.82, 2.24) is 10.1 Å². The smallest absolute Gasteiger partial charge is 0.257 e. The first kappa shape index (κ1) is 12.1. The average molecular weight is 246 g/mol. The summed E-state index contributed by atoms with van der Waals surface area (Å²) in [4.78, 5) is 16.1. The van der Waals surface area contributed by atoms with Crippen molar-refractivity contribution in [1.29, 1.82) is 0 Å². The van der Waals surface area contributed by atoms with Crippen LogP contribution >= 0.6 is 0 Å². The molecule has 0 atom stereocenters. The van der Waals surface area contributed by atoms with Crippen LogP contribution in [0.1, 0.15) is 35.8 Å². The fraction of sp³-hybridized carbons (Fsp3) is 0.250. The molecule has 1 amide bonds. The molecule has 2 heterocycles. The van der Waals surface area contributed by atoms with Gasteiger partial charge in [0.1, 0.15) is 12.1 Å². The highest BCUT2D eigenvalue weighted by atomic mass is 16.5. The van der Waals surface area contributed by atoms with Crippen molar-refractivity contribution in [3.63, 3.8) is 0 Å². The molecule has 0 saturated heterocycles. The molecule has 0 unspecified atom stereocenters. The Bertz CT molecular complexity index is 549. The first-order valence-corrected chi connectivity index (χ1v) is 5.55. The Labute approximate surface area is 104 Å². The molecule has 0 bridgehead atoms. The lowest BCUT2D eigenvalue weighted by atomic mass is 10.1. The summed E-state index contributed by atoms with van der Waals surface area (Å²) < 4.78 is 4.64. The maximum Gasteiger partial charge on any atom is 0.257 e. The molecule has 6 nitrogen and oxygen atoms in total. The summed E-state index contributed by atoms with van der Waals surface area (Å²) in [5.74, 6) is 0.597. The van der Waals surface area contributed by atoms with Crippen LogP contribution in [0.2, 0.25) is 0 Å². The van der Waals surface area contributed by atoms with Crippen LogP contribution in [0.5, 0.6) is 0 Å². The van der Waals surface area contributed by atoms with Gasteiger partial charge < -0.3 is 15.6 Å². The van der Waals surface area contributed by atoms with Crippen molar-refractivity contribution < 1.29 is 9.32 Å². The first-order valence-electron chi connectivity index (χ1n) is 5.55. The van der Waals surface area contributed by atoms with Gasteiger partial charge in [0.15, 0.2) is 5.82 Å². The topological polar surface area (TPSA) is 94.0 Å². The number of rotatable bonds is 3. The van der Waals surface area contributed by atoms with E-state index in [1.807, 2.05) is 13.8 Å². The van der Waals surface area contributed by atoms with Crippen LogP contribution < -0.4 is 11.1 Å². The monoisotopic (exact) mass is 246 g/mol. The highest BCUT2D eigenvalue weighted by Gasteiger charge is 2.12. The molecule has 0 fully saturated rings. The number of amides is 1. The van der Waals surface area contributed by atoms with Crippen LogP contribution in [0.25, 0.3) is 0 Å². The summed E-state index contributed by atoms with van der Waals surface area (Å²) in [5.41, 5.74) is 6.91. The predicted octanol–water partition coefficient (Wildman–Crippen LogP) is 2.03. The van der Waals surface area contributed by atoms with Crippen LogP contribution in [-0.4, -0.2) is 16.0 Å².